The fraction of sp³-hybridized carbons (Fsp3) is 0.391. The average molecular weight is 595 g/mol. The zero-order chi connectivity index (χ0) is 28.2. The second-order valence-corrected chi connectivity index (χ2v) is 11.5. The number of carbonyl (C=O) groups excluding carboxylic acids is 3. The van der Waals surface area contributed by atoms with Crippen LogP contribution in [0, 0.1) is 5.21 Å². The molecule has 39 heavy (non-hydrogen) atoms. The summed E-state index contributed by atoms with van der Waals surface area (Å²) >= 11 is 3.67. The Hall–Kier alpha value is -3.34. The Morgan fingerprint density at radius 2 is 2.18 bits per heavy atom. The number of thioether (sulfide) groups is 2. The van der Waals surface area contributed by atoms with Gasteiger partial charge in [-0.1, -0.05) is 29.6 Å². The molecule has 1 fully saturated rings. The minimum atomic E-state index is -1.83. The summed E-state index contributed by atoms with van der Waals surface area (Å²) in [5.74, 6) is -2.30. The monoisotopic (exact) mass is 594 g/mol. The third-order valence-electron chi connectivity index (χ3n) is 5.89. The molecule has 4 heterocycles. The highest BCUT2D eigenvalue weighted by atomic mass is 32.2. The lowest BCUT2D eigenvalue weighted by atomic mass is 9.97. The molecule has 13 nitrogen and oxygen atoms in total. The smallest absolute Gasteiger partial charge is 0.352 e. The number of thiophene rings is 1. The number of fused-ring (bicyclic) bond motifs is 1. The first-order valence-electron chi connectivity index (χ1n) is 11.8. The van der Waals surface area contributed by atoms with Crippen LogP contribution in [0.1, 0.15) is 24.3 Å². The zero-order valence-electron chi connectivity index (χ0n) is 20.9. The zero-order valence-corrected chi connectivity index (χ0v) is 23.4. The molecule has 208 valence electrons. The van der Waals surface area contributed by atoms with Gasteiger partial charge in [-0.05, 0) is 29.5 Å². The summed E-state index contributed by atoms with van der Waals surface area (Å²) in [4.78, 5) is 53.5. The number of hydrogen-bond donors (Lipinski definition) is 4. The third kappa shape index (κ3) is 5.83. The number of rotatable bonds is 11. The molecule has 0 spiro atoms. The molecule has 3 atom stereocenters. The first-order valence-corrected chi connectivity index (χ1v) is 14.7. The van der Waals surface area contributed by atoms with Crippen molar-refractivity contribution < 1.29 is 33.9 Å². The lowest BCUT2D eigenvalue weighted by Gasteiger charge is -2.56. The standard InChI is InChI=1S/C23H26N6O7S3/c1-3-8-24-22(34)25-16(14-6-5-10-37-14)18(30)26-23(36-2)20(33)29-17(19(31)32)13(12-39-21(23)29)11-38-15-7-4-9-28(35)27-15/h4-7,9-10,16,21H,3,8,11-12H2,1-2H3,(H,26,30)(H,31,32)(H2,24,25,34)/t16?,21?,23-/m1/s1. The number of β-lactam (4-membered cyclic amide) rings is 1. The second kappa shape index (κ2) is 12.2. The van der Waals surface area contributed by atoms with Gasteiger partial charge in [0.1, 0.15) is 17.1 Å². The van der Waals surface area contributed by atoms with Crippen LogP contribution in [0.2, 0.25) is 0 Å². The number of aliphatic carboxylic acids is 1. The van der Waals surface area contributed by atoms with Gasteiger partial charge >= 0.3 is 12.0 Å². The summed E-state index contributed by atoms with van der Waals surface area (Å²) in [6.07, 6.45) is 1.94. The minimum absolute atomic E-state index is 0.186. The quantitative estimate of drug-likeness (QED) is 0.0966. The molecule has 2 aromatic rings. The lowest BCUT2D eigenvalue weighted by Crippen LogP contribution is -2.81. The molecule has 1 saturated heterocycles. The van der Waals surface area contributed by atoms with E-state index in [2.05, 4.69) is 21.0 Å². The number of urea groups is 1. The van der Waals surface area contributed by atoms with Crippen molar-refractivity contribution in [3.8, 4) is 0 Å². The predicted octanol–water partition coefficient (Wildman–Crippen LogP) is 1.03. The van der Waals surface area contributed by atoms with Crippen LogP contribution in [-0.2, 0) is 19.1 Å². The summed E-state index contributed by atoms with van der Waals surface area (Å²) in [5, 5.41) is 34.4. The molecule has 2 aliphatic heterocycles. The molecule has 4 N–H and O–H groups in total. The number of carbonyl (C=O) groups is 4. The maximum Gasteiger partial charge on any atom is 0.352 e. The van der Waals surface area contributed by atoms with Crippen LogP contribution >= 0.6 is 34.9 Å². The normalized spacial score (nSPS) is 21.0. The van der Waals surface area contributed by atoms with E-state index in [0.717, 1.165) is 4.90 Å². The molecule has 0 bridgehead atoms. The molecule has 0 radical (unpaired) electrons. The Bertz CT molecular complexity index is 1290. The molecular weight excluding hydrogens is 568 g/mol. The maximum atomic E-state index is 13.5. The first-order chi connectivity index (χ1) is 18.7. The van der Waals surface area contributed by atoms with E-state index in [9.17, 15) is 29.5 Å². The molecule has 4 rings (SSSR count). The van der Waals surface area contributed by atoms with Gasteiger partial charge in [-0.3, -0.25) is 14.5 Å². The maximum absolute atomic E-state index is 13.5. The van der Waals surface area contributed by atoms with Crippen LogP contribution in [0.4, 0.5) is 4.79 Å². The summed E-state index contributed by atoms with van der Waals surface area (Å²) in [6, 6.07) is 4.92. The predicted molar refractivity (Wildman–Crippen MR) is 143 cm³/mol. The molecule has 16 heteroatoms. The summed E-state index contributed by atoms with van der Waals surface area (Å²) < 4.78 is 5.53. The van der Waals surface area contributed by atoms with Crippen LogP contribution in [0.15, 0.2) is 52.1 Å². The summed E-state index contributed by atoms with van der Waals surface area (Å²) in [5.41, 5.74) is -1.56. The van der Waals surface area contributed by atoms with Crippen molar-refractivity contribution in [1.82, 2.24) is 25.9 Å². The molecule has 0 aliphatic carbocycles. The van der Waals surface area contributed by atoms with Crippen molar-refractivity contribution >= 4 is 58.7 Å². The summed E-state index contributed by atoms with van der Waals surface area (Å²) in [6.45, 7) is 2.31. The van der Waals surface area contributed by atoms with Crippen LogP contribution < -0.4 is 20.8 Å². The van der Waals surface area contributed by atoms with E-state index in [1.165, 1.54) is 54.2 Å². The number of methoxy groups -OCH3 is 1. The Morgan fingerprint density at radius 3 is 2.82 bits per heavy atom. The molecule has 2 unspecified atom stereocenters. The molecule has 2 aliphatic rings. The number of aromatic nitrogens is 2. The fourth-order valence-electron chi connectivity index (χ4n) is 4.05. The number of nitrogens with zero attached hydrogens (tertiary/aromatic N) is 3. The van der Waals surface area contributed by atoms with Crippen molar-refractivity contribution in [2.45, 2.75) is 35.5 Å². The van der Waals surface area contributed by atoms with Gasteiger partial charge in [-0.2, -0.15) is 0 Å². The number of carboxylic acids is 1. The van der Waals surface area contributed by atoms with Crippen molar-refractivity contribution in [3.05, 3.63) is 57.2 Å². The Labute approximate surface area is 235 Å². The molecule has 0 aromatic carbocycles. The molecule has 4 amide bonds. The van der Waals surface area contributed by atoms with Crippen LogP contribution in [0.25, 0.3) is 0 Å². The largest absolute Gasteiger partial charge is 0.594 e. The van der Waals surface area contributed by atoms with Crippen LogP contribution in [0.5, 0.6) is 0 Å². The van der Waals surface area contributed by atoms with E-state index in [-0.39, 0.29) is 17.2 Å². The second-order valence-electron chi connectivity index (χ2n) is 8.41. The van der Waals surface area contributed by atoms with Crippen molar-refractivity contribution in [2.24, 2.45) is 0 Å². The SMILES string of the molecule is CCCNC(=O)NC(C(=O)N[C@@]1(OC)C(=O)N2C(C(=O)O)=C(CSc3ccc[n+]([O-])n3)CSC21)c1cccs1. The van der Waals surface area contributed by atoms with E-state index in [0.29, 0.717) is 33.3 Å². The van der Waals surface area contributed by atoms with Crippen LogP contribution in [-0.4, -0.2) is 75.2 Å². The van der Waals surface area contributed by atoms with E-state index in [4.69, 9.17) is 4.74 Å². The number of ether oxygens (including phenoxy) is 1. The highest BCUT2D eigenvalue weighted by molar-refractivity contribution is 8.01. The lowest BCUT2D eigenvalue weighted by molar-refractivity contribution is -0.672. The van der Waals surface area contributed by atoms with E-state index >= 15 is 0 Å². The number of nitrogens with one attached hydrogen (secondary N) is 3. The van der Waals surface area contributed by atoms with Gasteiger partial charge in [0.05, 0.1) is 0 Å². The molecule has 2 aromatic heterocycles. The highest BCUT2D eigenvalue weighted by Crippen LogP contribution is 2.47. The van der Waals surface area contributed by atoms with E-state index in [1.807, 2.05) is 6.92 Å². The minimum Gasteiger partial charge on any atom is -0.594 e. The topological polar surface area (TPSA) is 177 Å². The number of amides is 4. The number of hydrogen-bond acceptors (Lipinski definition) is 10. The summed E-state index contributed by atoms with van der Waals surface area (Å²) in [7, 11) is 1.26. The highest BCUT2D eigenvalue weighted by Gasteiger charge is 2.67. The van der Waals surface area contributed by atoms with E-state index < -0.39 is 41.0 Å². The number of carboxylic acid groups (broad SMARTS) is 1. The third-order valence-corrected chi connectivity index (χ3v) is 9.21. The average Bonchev–Trinajstić information content (AvgIpc) is 3.46. The van der Waals surface area contributed by atoms with Gasteiger partial charge in [-0.25, -0.2) is 9.59 Å². The van der Waals surface area contributed by atoms with Gasteiger partial charge < -0.3 is 31.0 Å². The van der Waals surface area contributed by atoms with Gasteiger partial charge in [0.25, 0.3) is 17.5 Å². The van der Waals surface area contributed by atoms with E-state index in [1.54, 1.807) is 23.6 Å². The first kappa shape index (κ1) is 28.7. The Kier molecular flexibility index (Phi) is 8.99. The van der Waals surface area contributed by atoms with Gasteiger partial charge in [0.2, 0.25) is 6.20 Å². The van der Waals surface area contributed by atoms with Gasteiger partial charge in [0.15, 0.2) is 5.03 Å². The van der Waals surface area contributed by atoms with Gasteiger partial charge in [0, 0.05) is 41.2 Å². The van der Waals surface area contributed by atoms with Gasteiger partial charge in [-0.15, -0.1) is 23.1 Å². The van der Waals surface area contributed by atoms with Crippen molar-refractivity contribution in [3.63, 3.8) is 0 Å². The fourth-order valence-corrected chi connectivity index (χ4v) is 7.27. The Balaban J connectivity index is 1.54. The van der Waals surface area contributed by atoms with Crippen molar-refractivity contribution in [2.75, 3.05) is 25.2 Å². The molecular formula is C23H26N6O7S3. The van der Waals surface area contributed by atoms with Crippen LogP contribution in [0.3, 0.4) is 0 Å². The van der Waals surface area contributed by atoms with Crippen molar-refractivity contribution in [1.29, 1.82) is 0 Å². The molecule has 0 saturated carbocycles. The Morgan fingerprint density at radius 1 is 1.38 bits per heavy atom.